The Labute approximate surface area is 198 Å². The van der Waals surface area contributed by atoms with E-state index in [4.69, 9.17) is 9.47 Å². The van der Waals surface area contributed by atoms with Crippen LogP contribution in [0.25, 0.3) is 0 Å². The van der Waals surface area contributed by atoms with Gasteiger partial charge in [-0.05, 0) is 93.5 Å². The molecule has 2 saturated carbocycles. The minimum absolute atomic E-state index is 0.0759. The highest BCUT2D eigenvalue weighted by molar-refractivity contribution is 5.13. The molecule has 2 aliphatic carbocycles. The monoisotopic (exact) mass is 451 g/mol. The van der Waals surface area contributed by atoms with Crippen LogP contribution in [0, 0.1) is 22.2 Å². The van der Waals surface area contributed by atoms with E-state index in [0.717, 1.165) is 52.1 Å². The first-order valence-corrected chi connectivity index (χ1v) is 13.7. The zero-order valence-electron chi connectivity index (χ0n) is 22.2. The molecule has 4 heteroatoms. The average molecular weight is 452 g/mol. The minimum atomic E-state index is -0.378. The number of ether oxygens (including phenoxy) is 2. The lowest BCUT2D eigenvalue weighted by atomic mass is 9.38. The molecule has 5 unspecified atom stereocenters. The first-order chi connectivity index (χ1) is 15.1. The second-order valence-corrected chi connectivity index (χ2v) is 12.6. The van der Waals surface area contributed by atoms with Crippen molar-refractivity contribution in [3.63, 3.8) is 0 Å². The molecule has 3 fully saturated rings. The smallest absolute Gasteiger partial charge is 0.0900 e. The Balaban J connectivity index is 1.64. The highest BCUT2D eigenvalue weighted by Gasteiger charge is 2.64. The van der Waals surface area contributed by atoms with E-state index < -0.39 is 0 Å². The van der Waals surface area contributed by atoms with Gasteiger partial charge in [-0.1, -0.05) is 47.5 Å². The van der Waals surface area contributed by atoms with Crippen LogP contribution >= 0.6 is 0 Å². The number of nitrogens with zero attached hydrogens (tertiary/aromatic N) is 1. The number of likely N-dealkylation sites (tertiary alicyclic amines) is 1. The number of rotatable bonds is 10. The molecule has 188 valence electrons. The fourth-order valence-corrected chi connectivity index (χ4v) is 7.80. The molecule has 4 nitrogen and oxygen atoms in total. The number of fused-ring (bicyclic) bond motifs is 1. The largest absolute Gasteiger partial charge is 0.389 e. The van der Waals surface area contributed by atoms with Crippen LogP contribution in [-0.2, 0) is 9.47 Å². The molecule has 1 saturated heterocycles. The summed E-state index contributed by atoms with van der Waals surface area (Å²) in [5, 5.41) is 10.5. The lowest BCUT2D eigenvalue weighted by Gasteiger charge is -2.68. The molecule has 0 aromatic carbocycles. The number of piperidine rings is 1. The Morgan fingerprint density at radius 3 is 2.31 bits per heavy atom. The van der Waals surface area contributed by atoms with Crippen LogP contribution in [0.4, 0.5) is 0 Å². The second-order valence-electron chi connectivity index (χ2n) is 12.6. The molecular formula is C28H53NO3. The van der Waals surface area contributed by atoms with E-state index in [1.165, 1.54) is 44.9 Å². The van der Waals surface area contributed by atoms with Gasteiger partial charge >= 0.3 is 0 Å². The van der Waals surface area contributed by atoms with Crippen molar-refractivity contribution < 1.29 is 14.6 Å². The summed E-state index contributed by atoms with van der Waals surface area (Å²) in [4.78, 5) is 2.39. The Hall–Kier alpha value is -0.160. The summed E-state index contributed by atoms with van der Waals surface area (Å²) in [5.41, 5.74) is 0.861. The molecule has 3 aliphatic rings. The molecule has 0 spiro atoms. The fourth-order valence-electron chi connectivity index (χ4n) is 7.80. The quantitative estimate of drug-likeness (QED) is 0.410. The number of β-amino-alcohol motifs (C(OH)–C–C–N with tert-alkyl or cyclic N) is 1. The molecule has 1 heterocycles. The van der Waals surface area contributed by atoms with Gasteiger partial charge in [-0.15, -0.1) is 0 Å². The maximum atomic E-state index is 10.5. The van der Waals surface area contributed by atoms with Gasteiger partial charge in [0.2, 0.25) is 0 Å². The van der Waals surface area contributed by atoms with Crippen molar-refractivity contribution in [3.8, 4) is 0 Å². The molecule has 1 N–H and O–H groups in total. The van der Waals surface area contributed by atoms with Gasteiger partial charge < -0.3 is 19.5 Å². The van der Waals surface area contributed by atoms with Gasteiger partial charge in [0.1, 0.15) is 0 Å². The normalized spacial score (nSPS) is 38.9. The maximum absolute atomic E-state index is 10.5. The third-order valence-electron chi connectivity index (χ3n) is 10.3. The van der Waals surface area contributed by atoms with Crippen molar-refractivity contribution in [2.45, 2.75) is 117 Å². The molecule has 3 rings (SSSR count). The van der Waals surface area contributed by atoms with Crippen LogP contribution in [0.15, 0.2) is 0 Å². The van der Waals surface area contributed by atoms with Crippen LogP contribution in [-0.4, -0.2) is 61.2 Å². The predicted octanol–water partition coefficient (Wildman–Crippen LogP) is 6.06. The van der Waals surface area contributed by atoms with Crippen molar-refractivity contribution in [2.24, 2.45) is 22.2 Å². The summed E-state index contributed by atoms with van der Waals surface area (Å²) >= 11 is 0. The van der Waals surface area contributed by atoms with Gasteiger partial charge in [0.05, 0.1) is 18.3 Å². The minimum Gasteiger partial charge on any atom is -0.389 e. The van der Waals surface area contributed by atoms with Gasteiger partial charge in [-0.3, -0.25) is 0 Å². The molecule has 0 amide bonds. The molecule has 0 aromatic heterocycles. The van der Waals surface area contributed by atoms with E-state index in [1.807, 2.05) is 0 Å². The van der Waals surface area contributed by atoms with Crippen molar-refractivity contribution in [3.05, 3.63) is 0 Å². The van der Waals surface area contributed by atoms with E-state index in [-0.39, 0.29) is 17.1 Å². The fraction of sp³-hybridized carbons (Fsp3) is 1.00. The van der Waals surface area contributed by atoms with Crippen LogP contribution in [0.2, 0.25) is 0 Å². The Morgan fingerprint density at radius 1 is 0.906 bits per heavy atom. The standard InChI is InChI=1S/C28H53NO3/c1-7-19-32-27(5)15-16-28(6)25(2,3)13-11-14-26(28,4)24(27)12-20-31-22-23(30)21-29-17-9-8-10-18-29/h23-24,30H,7-22H2,1-6H3. The van der Waals surface area contributed by atoms with E-state index in [1.54, 1.807) is 0 Å². The summed E-state index contributed by atoms with van der Waals surface area (Å²) in [7, 11) is 0. The van der Waals surface area contributed by atoms with Gasteiger partial charge in [0.25, 0.3) is 0 Å². The Kier molecular flexibility index (Phi) is 8.78. The first kappa shape index (κ1) is 26.4. The van der Waals surface area contributed by atoms with Crippen LogP contribution in [0.5, 0.6) is 0 Å². The Bertz CT molecular complexity index is 589. The van der Waals surface area contributed by atoms with E-state index in [0.29, 0.717) is 23.4 Å². The molecule has 32 heavy (non-hydrogen) atoms. The third-order valence-corrected chi connectivity index (χ3v) is 10.3. The summed E-state index contributed by atoms with van der Waals surface area (Å²) < 4.78 is 12.7. The molecule has 0 bridgehead atoms. The number of hydrogen-bond acceptors (Lipinski definition) is 4. The zero-order chi connectivity index (χ0) is 23.5. The van der Waals surface area contributed by atoms with Crippen molar-refractivity contribution in [1.82, 2.24) is 4.90 Å². The third kappa shape index (κ3) is 5.24. The van der Waals surface area contributed by atoms with E-state index in [9.17, 15) is 5.11 Å². The van der Waals surface area contributed by atoms with Crippen LogP contribution < -0.4 is 0 Å². The SMILES string of the molecule is CCCOC1(C)CCC2(C)C(C)(C)CCCC2(C)C1CCOCC(O)CN1CCCCC1. The second kappa shape index (κ2) is 10.6. The Morgan fingerprint density at radius 2 is 1.62 bits per heavy atom. The predicted molar refractivity (Wildman–Crippen MR) is 133 cm³/mol. The molecule has 0 radical (unpaired) electrons. The maximum Gasteiger partial charge on any atom is 0.0900 e. The number of aliphatic hydroxyl groups excluding tert-OH is 1. The number of aliphatic hydroxyl groups is 1. The van der Waals surface area contributed by atoms with Crippen LogP contribution in [0.3, 0.4) is 0 Å². The van der Waals surface area contributed by atoms with Crippen molar-refractivity contribution in [1.29, 1.82) is 0 Å². The summed E-state index contributed by atoms with van der Waals surface area (Å²) in [5.74, 6) is 0.485. The zero-order valence-corrected chi connectivity index (χ0v) is 22.2. The van der Waals surface area contributed by atoms with E-state index in [2.05, 4.69) is 46.4 Å². The average Bonchev–Trinajstić information content (AvgIpc) is 2.74. The van der Waals surface area contributed by atoms with Gasteiger partial charge in [-0.2, -0.15) is 0 Å². The van der Waals surface area contributed by atoms with Crippen molar-refractivity contribution in [2.75, 3.05) is 39.5 Å². The molecular weight excluding hydrogens is 398 g/mol. The van der Waals surface area contributed by atoms with E-state index >= 15 is 0 Å². The highest BCUT2D eigenvalue weighted by Crippen LogP contribution is 2.70. The lowest BCUT2D eigenvalue weighted by molar-refractivity contribution is -0.236. The topological polar surface area (TPSA) is 41.9 Å². The number of hydrogen-bond donors (Lipinski definition) is 1. The highest BCUT2D eigenvalue weighted by atomic mass is 16.5. The molecule has 1 aliphatic heterocycles. The summed E-state index contributed by atoms with van der Waals surface area (Å²) in [6.07, 6.45) is 11.9. The summed E-state index contributed by atoms with van der Waals surface area (Å²) in [6, 6.07) is 0. The first-order valence-electron chi connectivity index (χ1n) is 13.7. The lowest BCUT2D eigenvalue weighted by Crippen LogP contribution is -2.63. The molecule has 0 aromatic rings. The van der Waals surface area contributed by atoms with Gasteiger partial charge in [0, 0.05) is 19.8 Å². The van der Waals surface area contributed by atoms with Gasteiger partial charge in [0.15, 0.2) is 0 Å². The van der Waals surface area contributed by atoms with Crippen molar-refractivity contribution >= 4 is 0 Å². The summed E-state index contributed by atoms with van der Waals surface area (Å²) in [6.45, 7) is 19.8. The molecule has 5 atom stereocenters. The van der Waals surface area contributed by atoms with Gasteiger partial charge in [-0.25, -0.2) is 0 Å². The van der Waals surface area contributed by atoms with Crippen LogP contribution in [0.1, 0.15) is 106 Å².